The van der Waals surface area contributed by atoms with Crippen LogP contribution in [0, 0.1) is 12.3 Å². The molecule has 7 rings (SSSR count). The zero-order valence-corrected chi connectivity index (χ0v) is 38.6. The van der Waals surface area contributed by atoms with Gasteiger partial charge in [0, 0.05) is 50.9 Å². The van der Waals surface area contributed by atoms with E-state index in [2.05, 4.69) is 50.9 Å². The highest BCUT2D eigenvalue weighted by molar-refractivity contribution is 7.21. The third-order valence-electron chi connectivity index (χ3n) is 10.8. The number of amides is 3. The first-order chi connectivity index (χ1) is 30.7. The normalized spacial score (nSPS) is 15.6. The molecule has 6 aromatic rings. The molecule has 1 unspecified atom stereocenters. The van der Waals surface area contributed by atoms with Crippen LogP contribution in [0.15, 0.2) is 90.6 Å². The maximum Gasteiger partial charge on any atom is 0.246 e. The smallest absolute Gasteiger partial charge is 0.246 e. The van der Waals surface area contributed by atoms with E-state index < -0.39 is 35.4 Å². The quantitative estimate of drug-likeness (QED) is 0.0782. The van der Waals surface area contributed by atoms with Crippen molar-refractivity contribution in [3.63, 3.8) is 0 Å². The van der Waals surface area contributed by atoms with Crippen molar-refractivity contribution in [1.29, 1.82) is 0 Å². The number of pyridine rings is 1. The van der Waals surface area contributed by atoms with Crippen molar-refractivity contribution in [2.45, 2.75) is 58.8 Å². The fraction of sp³-hybridized carbons (Fsp3) is 0.375. The van der Waals surface area contributed by atoms with Crippen LogP contribution in [0.2, 0.25) is 0 Å². The summed E-state index contributed by atoms with van der Waals surface area (Å²) in [7, 11) is 3.94. The highest BCUT2D eigenvalue weighted by atomic mass is 32.1. The Labute approximate surface area is 381 Å². The molecule has 14 nitrogen and oxygen atoms in total. The second-order valence-corrected chi connectivity index (χ2v) is 18.9. The molecule has 4 heterocycles. The number of aliphatic hydroxyl groups is 1. The zero-order valence-electron chi connectivity index (χ0n) is 37.0. The summed E-state index contributed by atoms with van der Waals surface area (Å²) in [5, 5.41) is 17.2. The van der Waals surface area contributed by atoms with Gasteiger partial charge in [0.05, 0.1) is 52.2 Å². The predicted octanol–water partition coefficient (Wildman–Crippen LogP) is 6.74. The van der Waals surface area contributed by atoms with Gasteiger partial charge in [0.1, 0.15) is 41.9 Å². The second kappa shape index (κ2) is 20.8. The number of nitrogens with zero attached hydrogens (tertiary/aromatic N) is 5. The van der Waals surface area contributed by atoms with Gasteiger partial charge >= 0.3 is 0 Å². The Balaban J connectivity index is 0.815. The molecule has 3 atom stereocenters. The second-order valence-electron chi connectivity index (χ2n) is 17.0. The van der Waals surface area contributed by atoms with Crippen LogP contribution < -0.4 is 20.3 Å². The Morgan fingerprint density at radius 3 is 2.28 bits per heavy atom. The van der Waals surface area contributed by atoms with Gasteiger partial charge in [-0.2, -0.15) is 0 Å². The number of anilines is 1. The maximum atomic E-state index is 14.0. The molecule has 1 fully saturated rings. The van der Waals surface area contributed by atoms with Gasteiger partial charge < -0.3 is 39.8 Å². The lowest BCUT2D eigenvalue weighted by molar-refractivity contribution is -0.144. The van der Waals surface area contributed by atoms with E-state index in [9.17, 15) is 19.5 Å². The first kappa shape index (κ1) is 46.2. The number of aliphatic hydroxyl groups excluding tert-OH is 1. The highest BCUT2D eigenvalue weighted by Gasteiger charge is 2.44. The molecule has 3 aromatic heterocycles. The number of aryl methyl sites for hydroxylation is 1. The third-order valence-corrected chi connectivity index (χ3v) is 12.9. The minimum absolute atomic E-state index is 0.0114. The first-order valence-corrected chi connectivity index (χ1v) is 22.9. The molecule has 3 N–H and O–H groups in total. The zero-order chi connectivity index (χ0) is 45.4. The number of rotatable bonds is 18. The highest BCUT2D eigenvalue weighted by Crippen LogP contribution is 2.34. The molecule has 0 bridgehead atoms. The average molecular weight is 906 g/mol. The van der Waals surface area contributed by atoms with Gasteiger partial charge in [-0.25, -0.2) is 15.0 Å². The standard InChI is InChI=1S/C48H55N7O7S2/c1-30-43(63-29-51-30)33-9-7-31(8-10-33)25-50-45(58)39-23-36(56)27-55(39)47(59)44(48(2,3)4)53-42(57)28-61-20-19-60-21-22-62-37-16-17-38-40(24-37)64-46(52-38)34-13-11-32(12-14-34)35-15-18-41(49-26-35)54(5)6/h7-18,24,26,29,36,39,44,56H,19-23,25,27-28H2,1-6H3,(H,50,58)(H,53,57)/t36-,39+,44?/m1/s1. The molecule has 1 aliphatic heterocycles. The molecule has 0 spiro atoms. The number of carbonyl (C=O) groups is 3. The van der Waals surface area contributed by atoms with Gasteiger partial charge in [-0.1, -0.05) is 69.3 Å². The molecule has 336 valence electrons. The van der Waals surface area contributed by atoms with E-state index in [4.69, 9.17) is 19.2 Å². The van der Waals surface area contributed by atoms with E-state index in [0.29, 0.717) is 19.0 Å². The monoisotopic (exact) mass is 905 g/mol. The molecule has 64 heavy (non-hydrogen) atoms. The molecule has 1 aliphatic rings. The predicted molar refractivity (Wildman–Crippen MR) is 251 cm³/mol. The molecular weight excluding hydrogens is 851 g/mol. The van der Waals surface area contributed by atoms with E-state index in [-0.39, 0.29) is 45.2 Å². The number of nitrogens with one attached hydrogen (secondary N) is 2. The number of benzene rings is 3. The molecule has 0 radical (unpaired) electrons. The number of fused-ring (bicyclic) bond motifs is 1. The summed E-state index contributed by atoms with van der Waals surface area (Å²) in [5.41, 5.74) is 8.12. The Hall–Kier alpha value is -5.78. The Bertz CT molecular complexity index is 2520. The first-order valence-electron chi connectivity index (χ1n) is 21.2. The summed E-state index contributed by atoms with van der Waals surface area (Å²) in [4.78, 5) is 58.5. The summed E-state index contributed by atoms with van der Waals surface area (Å²) < 4.78 is 18.2. The number of aromatic nitrogens is 3. The molecule has 3 aromatic carbocycles. The van der Waals surface area contributed by atoms with Gasteiger partial charge in [-0.3, -0.25) is 14.4 Å². The SMILES string of the molecule is Cc1ncsc1-c1ccc(CNC(=O)[C@@H]2C[C@@H](O)CN2C(=O)C(NC(=O)COCCOCCOc2ccc3nc(-c4ccc(-c5ccc(N(C)C)nc5)cc4)sc3c2)C(C)(C)C)cc1. The molecular formula is C48H55N7O7S2. The number of β-amino-alcohol motifs (C(OH)–C–C–N with tert-alkyl or cyclic N) is 1. The maximum absolute atomic E-state index is 14.0. The topological polar surface area (TPSA) is 168 Å². The fourth-order valence-corrected chi connectivity index (χ4v) is 9.14. The molecule has 1 saturated heterocycles. The minimum Gasteiger partial charge on any atom is -0.491 e. The number of hydrogen-bond donors (Lipinski definition) is 3. The van der Waals surface area contributed by atoms with Crippen LogP contribution in [0.4, 0.5) is 5.82 Å². The molecule has 0 aliphatic carbocycles. The van der Waals surface area contributed by atoms with Crippen LogP contribution in [0.5, 0.6) is 5.75 Å². The van der Waals surface area contributed by atoms with Crippen LogP contribution in [0.25, 0.3) is 42.4 Å². The van der Waals surface area contributed by atoms with Gasteiger partial charge in [0.25, 0.3) is 0 Å². The summed E-state index contributed by atoms with van der Waals surface area (Å²) in [6.45, 7) is 8.49. The molecule has 16 heteroatoms. The van der Waals surface area contributed by atoms with Crippen LogP contribution >= 0.6 is 22.7 Å². The Kier molecular flexibility index (Phi) is 15.0. The van der Waals surface area contributed by atoms with Gasteiger partial charge in [0.2, 0.25) is 17.7 Å². The summed E-state index contributed by atoms with van der Waals surface area (Å²) in [6, 6.07) is 24.3. The summed E-state index contributed by atoms with van der Waals surface area (Å²) in [5.74, 6) is 0.346. The van der Waals surface area contributed by atoms with Crippen molar-refractivity contribution in [1.82, 2.24) is 30.5 Å². The van der Waals surface area contributed by atoms with Gasteiger partial charge in [-0.15, -0.1) is 22.7 Å². The Morgan fingerprint density at radius 1 is 0.891 bits per heavy atom. The van der Waals surface area contributed by atoms with Gasteiger partial charge in [0.15, 0.2) is 0 Å². The number of thiazole rings is 2. The largest absolute Gasteiger partial charge is 0.491 e. The lowest BCUT2D eigenvalue weighted by atomic mass is 9.85. The van der Waals surface area contributed by atoms with Crippen molar-refractivity contribution in [2.75, 3.05) is 58.6 Å². The van der Waals surface area contributed by atoms with Crippen LogP contribution in [-0.4, -0.2) is 115 Å². The van der Waals surface area contributed by atoms with Crippen molar-refractivity contribution in [2.24, 2.45) is 5.41 Å². The number of likely N-dealkylation sites (tertiary alicyclic amines) is 1. The van der Waals surface area contributed by atoms with E-state index in [1.807, 2.05) is 107 Å². The molecule has 3 amide bonds. The summed E-state index contributed by atoms with van der Waals surface area (Å²) in [6.07, 6.45) is 1.12. The van der Waals surface area contributed by atoms with Crippen molar-refractivity contribution in [3.05, 3.63) is 102 Å². The lowest BCUT2D eigenvalue weighted by Crippen LogP contribution is -2.58. The van der Waals surface area contributed by atoms with E-state index in [1.54, 1.807) is 22.7 Å². The van der Waals surface area contributed by atoms with Gasteiger partial charge in [-0.05, 0) is 59.4 Å². The van der Waals surface area contributed by atoms with E-state index in [0.717, 1.165) is 59.4 Å². The molecule has 0 saturated carbocycles. The van der Waals surface area contributed by atoms with E-state index >= 15 is 0 Å². The number of ether oxygens (including phenoxy) is 3. The van der Waals surface area contributed by atoms with E-state index in [1.165, 1.54) is 4.90 Å². The Morgan fingerprint density at radius 2 is 1.59 bits per heavy atom. The van der Waals surface area contributed by atoms with Crippen LogP contribution in [-0.2, 0) is 30.4 Å². The van der Waals surface area contributed by atoms with Crippen LogP contribution in [0.3, 0.4) is 0 Å². The lowest BCUT2D eigenvalue weighted by Gasteiger charge is -2.35. The van der Waals surface area contributed by atoms with Crippen molar-refractivity contribution >= 4 is 56.4 Å². The average Bonchev–Trinajstić information content (AvgIpc) is 4.03. The number of hydrogen-bond acceptors (Lipinski definition) is 13. The number of carbonyl (C=O) groups excluding carboxylic acids is 3. The minimum atomic E-state index is -0.960. The van der Waals surface area contributed by atoms with Crippen molar-refractivity contribution < 1.29 is 33.7 Å². The van der Waals surface area contributed by atoms with Crippen molar-refractivity contribution in [3.8, 4) is 37.9 Å². The van der Waals surface area contributed by atoms with Crippen LogP contribution in [0.1, 0.15) is 38.4 Å². The third kappa shape index (κ3) is 11.7. The summed E-state index contributed by atoms with van der Waals surface area (Å²) >= 11 is 3.18. The fourth-order valence-electron chi connectivity index (χ4n) is 7.33.